The summed E-state index contributed by atoms with van der Waals surface area (Å²) in [7, 11) is 1.95. The maximum atomic E-state index is 13.3. The molecule has 0 aliphatic heterocycles. The molecular weight excluding hydrogens is 308 g/mol. The van der Waals surface area contributed by atoms with Gasteiger partial charge < -0.3 is 5.21 Å². The van der Waals surface area contributed by atoms with Crippen molar-refractivity contribution < 1.29 is 4.73 Å². The highest BCUT2D eigenvalue weighted by Gasteiger charge is 2.28. The van der Waals surface area contributed by atoms with E-state index in [-0.39, 0.29) is 0 Å². The van der Waals surface area contributed by atoms with Crippen LogP contribution >= 0.6 is 0 Å². The minimum Gasteiger partial charge on any atom is -0.710 e. The number of hydrogen-bond donors (Lipinski definition) is 0. The lowest BCUT2D eigenvalue weighted by Crippen LogP contribution is -2.30. The van der Waals surface area contributed by atoms with Gasteiger partial charge >= 0.3 is 0 Å². The number of benzene rings is 3. The number of aromatic nitrogens is 2. The summed E-state index contributed by atoms with van der Waals surface area (Å²) in [5.41, 5.74) is 4.43. The molecule has 1 aromatic heterocycles. The second-order valence-electron chi connectivity index (χ2n) is 5.97. The van der Waals surface area contributed by atoms with Crippen LogP contribution < -0.4 is 4.73 Å². The summed E-state index contributed by atoms with van der Waals surface area (Å²) in [6, 6.07) is 29.7. The molecule has 25 heavy (non-hydrogen) atoms. The summed E-state index contributed by atoms with van der Waals surface area (Å²) < 4.78 is 3.03. The van der Waals surface area contributed by atoms with E-state index < -0.39 is 0 Å². The molecule has 0 fully saturated rings. The molecule has 0 aliphatic carbocycles. The van der Waals surface area contributed by atoms with Crippen LogP contribution in [0.4, 0.5) is 0 Å². The van der Waals surface area contributed by atoms with Gasteiger partial charge in [-0.3, -0.25) is 0 Å². The van der Waals surface area contributed by atoms with Crippen molar-refractivity contribution in [3.8, 4) is 33.9 Å². The maximum Gasteiger partial charge on any atom is 0.292 e. The second-order valence-corrected chi connectivity index (χ2v) is 5.97. The summed E-state index contributed by atoms with van der Waals surface area (Å²) in [6.07, 6.45) is 0. The molecule has 3 heteroatoms. The van der Waals surface area contributed by atoms with Crippen molar-refractivity contribution >= 4 is 0 Å². The molecule has 4 rings (SSSR count). The van der Waals surface area contributed by atoms with E-state index in [0.717, 1.165) is 27.1 Å². The van der Waals surface area contributed by atoms with Crippen LogP contribution in [0.3, 0.4) is 0 Å². The molecule has 0 saturated carbocycles. The van der Waals surface area contributed by atoms with Crippen LogP contribution in [-0.2, 0) is 7.05 Å². The number of imidazole rings is 1. The predicted molar refractivity (Wildman–Crippen MR) is 101 cm³/mol. The standard InChI is InChI=1S/C22H18N2O/c1-23-20(17-11-5-2-6-12-17)21(18-13-7-3-8-14-18)24(25)22(23)19-15-9-4-10-16-19/h2-16H,1H3. The van der Waals surface area contributed by atoms with Gasteiger partial charge in [-0.15, -0.1) is 0 Å². The van der Waals surface area contributed by atoms with Crippen molar-refractivity contribution in [2.75, 3.05) is 0 Å². The van der Waals surface area contributed by atoms with Gasteiger partial charge in [0.05, 0.1) is 12.6 Å². The van der Waals surface area contributed by atoms with Gasteiger partial charge in [0.1, 0.15) is 0 Å². The average Bonchev–Trinajstić information content (AvgIpc) is 2.94. The van der Waals surface area contributed by atoms with Gasteiger partial charge in [0.15, 0.2) is 11.4 Å². The Labute approximate surface area is 147 Å². The minimum atomic E-state index is 0.637. The van der Waals surface area contributed by atoms with Crippen molar-refractivity contribution in [2.45, 2.75) is 0 Å². The lowest BCUT2D eigenvalue weighted by atomic mass is 10.0. The molecule has 0 unspecified atom stereocenters. The molecule has 0 saturated heterocycles. The zero-order valence-corrected chi connectivity index (χ0v) is 14.0. The highest BCUT2D eigenvalue weighted by Crippen LogP contribution is 2.33. The SMILES string of the molecule is Cn1c(-c2ccccc2)c(-c2ccccc2)[n+]([O-])c1-c1ccccc1. The fourth-order valence-electron chi connectivity index (χ4n) is 3.28. The molecule has 0 atom stereocenters. The summed E-state index contributed by atoms with van der Waals surface area (Å²) in [5.74, 6) is 0.637. The van der Waals surface area contributed by atoms with Crippen molar-refractivity contribution in [3.05, 3.63) is 96.2 Å². The van der Waals surface area contributed by atoms with Crippen molar-refractivity contribution in [2.24, 2.45) is 7.05 Å². The Morgan fingerprint density at radius 3 is 1.60 bits per heavy atom. The first kappa shape index (κ1) is 15.2. The highest BCUT2D eigenvalue weighted by molar-refractivity contribution is 5.79. The van der Waals surface area contributed by atoms with Crippen molar-refractivity contribution in [1.29, 1.82) is 0 Å². The fourth-order valence-corrected chi connectivity index (χ4v) is 3.28. The van der Waals surface area contributed by atoms with Gasteiger partial charge in [0.25, 0.3) is 5.82 Å². The Balaban J connectivity index is 2.06. The Morgan fingerprint density at radius 2 is 1.08 bits per heavy atom. The number of nitrogens with zero attached hydrogens (tertiary/aromatic N) is 2. The molecule has 122 valence electrons. The second kappa shape index (κ2) is 6.29. The van der Waals surface area contributed by atoms with E-state index in [1.165, 1.54) is 0 Å². The zero-order valence-electron chi connectivity index (χ0n) is 14.0. The monoisotopic (exact) mass is 326 g/mol. The Bertz CT molecular complexity index is 928. The van der Waals surface area contributed by atoms with E-state index in [1.54, 1.807) is 0 Å². The lowest BCUT2D eigenvalue weighted by molar-refractivity contribution is -0.581. The quantitative estimate of drug-likeness (QED) is 0.398. The van der Waals surface area contributed by atoms with Gasteiger partial charge in [-0.2, -0.15) is 0 Å². The first-order chi connectivity index (χ1) is 12.3. The van der Waals surface area contributed by atoms with Crippen LogP contribution in [0.5, 0.6) is 0 Å². The first-order valence-corrected chi connectivity index (χ1v) is 8.26. The van der Waals surface area contributed by atoms with Gasteiger partial charge in [-0.05, 0) is 12.1 Å². The Morgan fingerprint density at radius 1 is 0.640 bits per heavy atom. The normalized spacial score (nSPS) is 10.8. The van der Waals surface area contributed by atoms with Gasteiger partial charge in [-0.1, -0.05) is 78.9 Å². The molecule has 0 radical (unpaired) electrons. The molecule has 0 amide bonds. The van der Waals surface area contributed by atoms with Crippen molar-refractivity contribution in [3.63, 3.8) is 0 Å². The van der Waals surface area contributed by atoms with Gasteiger partial charge in [0.2, 0.25) is 0 Å². The van der Waals surface area contributed by atoms with E-state index in [9.17, 15) is 5.21 Å². The summed E-state index contributed by atoms with van der Waals surface area (Å²) >= 11 is 0. The van der Waals surface area contributed by atoms with Crippen molar-refractivity contribution in [1.82, 2.24) is 4.57 Å². The van der Waals surface area contributed by atoms with Crippen LogP contribution in [0.1, 0.15) is 0 Å². The molecule has 4 aromatic rings. The summed E-state index contributed by atoms with van der Waals surface area (Å²) in [4.78, 5) is 0. The molecule has 0 N–H and O–H groups in total. The molecule has 3 nitrogen and oxygen atoms in total. The molecule has 0 spiro atoms. The topological polar surface area (TPSA) is 31.9 Å². The molecule has 0 bridgehead atoms. The lowest BCUT2D eigenvalue weighted by Gasteiger charge is -2.07. The molecule has 3 aromatic carbocycles. The van der Waals surface area contributed by atoms with E-state index >= 15 is 0 Å². The number of hydrogen-bond acceptors (Lipinski definition) is 1. The fraction of sp³-hybridized carbons (Fsp3) is 0.0455. The molecule has 1 heterocycles. The third kappa shape index (κ3) is 2.60. The van der Waals surface area contributed by atoms with Gasteiger partial charge in [0, 0.05) is 11.1 Å². The van der Waals surface area contributed by atoms with Crippen LogP contribution in [0, 0.1) is 5.21 Å². The minimum absolute atomic E-state index is 0.637. The highest BCUT2D eigenvalue weighted by atomic mass is 16.5. The summed E-state index contributed by atoms with van der Waals surface area (Å²) in [5, 5.41) is 13.3. The van der Waals surface area contributed by atoms with Crippen LogP contribution in [-0.4, -0.2) is 4.57 Å². The van der Waals surface area contributed by atoms with Crippen LogP contribution in [0.25, 0.3) is 33.9 Å². The zero-order chi connectivity index (χ0) is 17.2. The average molecular weight is 326 g/mol. The number of rotatable bonds is 3. The Kier molecular flexibility index (Phi) is 3.82. The van der Waals surface area contributed by atoms with Crippen LogP contribution in [0.15, 0.2) is 91.0 Å². The van der Waals surface area contributed by atoms with E-state index in [1.807, 2.05) is 103 Å². The van der Waals surface area contributed by atoms with Crippen LogP contribution in [0.2, 0.25) is 0 Å². The largest absolute Gasteiger partial charge is 0.710 e. The van der Waals surface area contributed by atoms with E-state index in [0.29, 0.717) is 11.5 Å². The molecular formula is C22H18N2O. The first-order valence-electron chi connectivity index (χ1n) is 8.26. The van der Waals surface area contributed by atoms with E-state index in [4.69, 9.17) is 0 Å². The third-order valence-corrected chi connectivity index (χ3v) is 4.40. The summed E-state index contributed by atoms with van der Waals surface area (Å²) in [6.45, 7) is 0. The Hall–Kier alpha value is -3.33. The third-order valence-electron chi connectivity index (χ3n) is 4.40. The van der Waals surface area contributed by atoms with Gasteiger partial charge in [-0.25, -0.2) is 9.30 Å². The van der Waals surface area contributed by atoms with E-state index in [2.05, 4.69) is 0 Å². The molecule has 0 aliphatic rings. The maximum absolute atomic E-state index is 13.3. The smallest absolute Gasteiger partial charge is 0.292 e. The predicted octanol–water partition coefficient (Wildman–Crippen LogP) is 4.66.